The molecule has 11 heteroatoms. The molecule has 0 bridgehead atoms. The minimum Gasteiger partial charge on any atom is -0.360 e. The van der Waals surface area contributed by atoms with Gasteiger partial charge >= 0.3 is 0 Å². The largest absolute Gasteiger partial charge is 0.360 e. The zero-order chi connectivity index (χ0) is 24.5. The molecule has 0 radical (unpaired) electrons. The maximum absolute atomic E-state index is 10.9. The molecule has 0 aliphatic carbocycles. The van der Waals surface area contributed by atoms with Crippen LogP contribution in [0.2, 0.25) is 10.0 Å². The number of rotatable bonds is 6. The maximum Gasteiger partial charge on any atom is 0.287 e. The van der Waals surface area contributed by atoms with E-state index < -0.39 is 4.92 Å². The summed E-state index contributed by atoms with van der Waals surface area (Å²) < 4.78 is 1.91. The van der Waals surface area contributed by atoms with Gasteiger partial charge < -0.3 is 5.32 Å². The second kappa shape index (κ2) is 9.28. The summed E-state index contributed by atoms with van der Waals surface area (Å²) in [5, 5.41) is 15.0. The molecule has 1 atom stereocenters. The van der Waals surface area contributed by atoms with Crippen molar-refractivity contribution in [1.82, 2.24) is 24.5 Å². The summed E-state index contributed by atoms with van der Waals surface area (Å²) in [6, 6.07) is 15.6. The van der Waals surface area contributed by atoms with E-state index in [1.54, 1.807) is 24.7 Å². The van der Waals surface area contributed by atoms with Crippen LogP contribution >= 0.6 is 23.2 Å². The standard InChI is InChI=1S/C24H17Cl2N7O2/c1-14(30-22-9-7-16(11-27-22)33(34)35)24-28-12-21(32-13-29-19-4-2-3-5-20(19)32)23(31-24)17-8-6-15(25)10-18(17)26/h2-14H,1H3,(H,27,30). The third-order valence-corrected chi connectivity index (χ3v) is 5.95. The number of hydrogen-bond acceptors (Lipinski definition) is 7. The second-order valence-corrected chi connectivity index (χ2v) is 8.56. The van der Waals surface area contributed by atoms with Crippen LogP contribution in [0.15, 0.2) is 73.3 Å². The van der Waals surface area contributed by atoms with Crippen molar-refractivity contribution in [2.75, 3.05) is 5.32 Å². The molecular weight excluding hydrogens is 489 g/mol. The Bertz CT molecular complexity index is 1550. The van der Waals surface area contributed by atoms with Crippen molar-refractivity contribution < 1.29 is 4.92 Å². The first-order valence-corrected chi connectivity index (χ1v) is 11.3. The number of halogens is 2. The highest BCUT2D eigenvalue weighted by Crippen LogP contribution is 2.34. The number of benzene rings is 2. The third kappa shape index (κ3) is 4.51. The zero-order valence-electron chi connectivity index (χ0n) is 18.3. The van der Waals surface area contributed by atoms with E-state index in [-0.39, 0.29) is 11.7 Å². The molecule has 0 saturated carbocycles. The number of pyridine rings is 1. The van der Waals surface area contributed by atoms with Crippen molar-refractivity contribution in [3.8, 4) is 16.9 Å². The zero-order valence-corrected chi connectivity index (χ0v) is 19.8. The molecule has 0 fully saturated rings. The lowest BCUT2D eigenvalue weighted by Gasteiger charge is -2.17. The summed E-state index contributed by atoms with van der Waals surface area (Å²) in [7, 11) is 0. The highest BCUT2D eigenvalue weighted by Gasteiger charge is 2.19. The summed E-state index contributed by atoms with van der Waals surface area (Å²) in [6.45, 7) is 1.87. The molecule has 5 aromatic rings. The van der Waals surface area contributed by atoms with Crippen LogP contribution in [-0.4, -0.2) is 29.4 Å². The van der Waals surface area contributed by atoms with Gasteiger partial charge in [-0.25, -0.2) is 19.9 Å². The number of nitrogens with one attached hydrogen (secondary N) is 1. The van der Waals surface area contributed by atoms with E-state index in [0.717, 1.165) is 11.0 Å². The van der Waals surface area contributed by atoms with E-state index in [1.807, 2.05) is 41.8 Å². The van der Waals surface area contributed by atoms with E-state index in [2.05, 4.69) is 20.3 Å². The van der Waals surface area contributed by atoms with E-state index in [0.29, 0.717) is 38.6 Å². The normalized spacial score (nSPS) is 12.0. The summed E-state index contributed by atoms with van der Waals surface area (Å²) in [5.74, 6) is 0.946. The predicted octanol–water partition coefficient (Wildman–Crippen LogP) is 6.27. The SMILES string of the molecule is CC(Nc1ccc([N+](=O)[O-])cn1)c1ncc(-n2cnc3ccccc32)c(-c2ccc(Cl)cc2Cl)n1. The Kier molecular flexibility index (Phi) is 6.02. The summed E-state index contributed by atoms with van der Waals surface area (Å²) >= 11 is 12.7. The van der Waals surface area contributed by atoms with Crippen molar-refractivity contribution in [3.05, 3.63) is 99.3 Å². The van der Waals surface area contributed by atoms with Gasteiger partial charge in [0.2, 0.25) is 0 Å². The average molecular weight is 506 g/mol. The minimum absolute atomic E-state index is 0.0870. The first kappa shape index (κ1) is 22.7. The van der Waals surface area contributed by atoms with Crippen LogP contribution in [-0.2, 0) is 0 Å². The lowest BCUT2D eigenvalue weighted by atomic mass is 10.1. The molecule has 9 nitrogen and oxygen atoms in total. The number of hydrogen-bond donors (Lipinski definition) is 1. The van der Waals surface area contributed by atoms with Gasteiger partial charge in [-0.2, -0.15) is 0 Å². The number of anilines is 1. The Morgan fingerprint density at radius 3 is 2.60 bits per heavy atom. The van der Waals surface area contributed by atoms with Crippen LogP contribution in [0.3, 0.4) is 0 Å². The van der Waals surface area contributed by atoms with Crippen LogP contribution in [0, 0.1) is 10.1 Å². The van der Waals surface area contributed by atoms with Crippen molar-refractivity contribution >= 4 is 45.7 Å². The minimum atomic E-state index is -0.496. The topological polar surface area (TPSA) is 112 Å². The van der Waals surface area contributed by atoms with Gasteiger partial charge in [0.25, 0.3) is 5.69 Å². The number of nitro groups is 1. The Morgan fingerprint density at radius 2 is 1.86 bits per heavy atom. The fraction of sp³-hybridized carbons (Fsp3) is 0.0833. The van der Waals surface area contributed by atoms with Crippen molar-refractivity contribution in [3.63, 3.8) is 0 Å². The van der Waals surface area contributed by atoms with Gasteiger partial charge in [0, 0.05) is 16.7 Å². The highest BCUT2D eigenvalue weighted by molar-refractivity contribution is 6.36. The molecular formula is C24H17Cl2N7O2. The Labute approximate surface area is 209 Å². The van der Waals surface area contributed by atoms with Gasteiger partial charge in [-0.3, -0.25) is 14.7 Å². The third-order valence-electron chi connectivity index (χ3n) is 5.40. The van der Waals surface area contributed by atoms with Gasteiger partial charge in [-0.15, -0.1) is 0 Å². The van der Waals surface area contributed by atoms with E-state index >= 15 is 0 Å². The van der Waals surface area contributed by atoms with Crippen molar-refractivity contribution in [2.24, 2.45) is 0 Å². The van der Waals surface area contributed by atoms with Gasteiger partial charge in [0.05, 0.1) is 44.6 Å². The molecule has 0 aliphatic heterocycles. The Balaban J connectivity index is 1.58. The van der Waals surface area contributed by atoms with Gasteiger partial charge in [-0.05, 0) is 43.3 Å². The monoisotopic (exact) mass is 505 g/mol. The maximum atomic E-state index is 10.9. The lowest BCUT2D eigenvalue weighted by molar-refractivity contribution is -0.385. The molecule has 3 aromatic heterocycles. The van der Waals surface area contributed by atoms with Gasteiger partial charge in [-0.1, -0.05) is 35.3 Å². The predicted molar refractivity (Wildman–Crippen MR) is 135 cm³/mol. The first-order valence-electron chi connectivity index (χ1n) is 10.5. The molecule has 35 heavy (non-hydrogen) atoms. The quantitative estimate of drug-likeness (QED) is 0.214. The van der Waals surface area contributed by atoms with E-state index in [9.17, 15) is 10.1 Å². The summed E-state index contributed by atoms with van der Waals surface area (Å²) in [5.41, 5.74) is 3.64. The van der Waals surface area contributed by atoms with Crippen LogP contribution in [0.5, 0.6) is 0 Å². The smallest absolute Gasteiger partial charge is 0.287 e. The molecule has 0 amide bonds. The molecule has 0 aliphatic rings. The van der Waals surface area contributed by atoms with Crippen molar-refractivity contribution in [1.29, 1.82) is 0 Å². The number of aromatic nitrogens is 5. The first-order chi connectivity index (χ1) is 16.9. The summed E-state index contributed by atoms with van der Waals surface area (Å²) in [6.07, 6.45) is 4.64. The second-order valence-electron chi connectivity index (χ2n) is 7.71. The highest BCUT2D eigenvalue weighted by atomic mass is 35.5. The lowest BCUT2D eigenvalue weighted by Crippen LogP contribution is -2.13. The molecule has 5 rings (SSSR count). The number of imidazole rings is 1. The van der Waals surface area contributed by atoms with Crippen molar-refractivity contribution in [2.45, 2.75) is 13.0 Å². The Morgan fingerprint density at radius 1 is 1.03 bits per heavy atom. The molecule has 2 aromatic carbocycles. The molecule has 1 unspecified atom stereocenters. The van der Waals surface area contributed by atoms with Crippen LogP contribution in [0.1, 0.15) is 18.8 Å². The van der Waals surface area contributed by atoms with E-state index in [1.165, 1.54) is 18.3 Å². The number of para-hydroxylation sites is 2. The van der Waals surface area contributed by atoms with Crippen LogP contribution in [0.4, 0.5) is 11.5 Å². The van der Waals surface area contributed by atoms with Crippen LogP contribution in [0.25, 0.3) is 28.0 Å². The molecule has 3 heterocycles. The molecule has 0 spiro atoms. The van der Waals surface area contributed by atoms with Gasteiger partial charge in [0.15, 0.2) is 5.82 Å². The number of nitrogens with zero attached hydrogens (tertiary/aromatic N) is 6. The fourth-order valence-corrected chi connectivity index (χ4v) is 4.17. The van der Waals surface area contributed by atoms with Crippen LogP contribution < -0.4 is 5.32 Å². The van der Waals surface area contributed by atoms with E-state index in [4.69, 9.17) is 28.2 Å². The molecule has 1 N–H and O–H groups in total. The number of fused-ring (bicyclic) bond motifs is 1. The Hall–Kier alpha value is -4.08. The molecule has 0 saturated heterocycles. The average Bonchev–Trinajstić information content (AvgIpc) is 3.28. The summed E-state index contributed by atoms with van der Waals surface area (Å²) in [4.78, 5) is 28.4. The fourth-order valence-electron chi connectivity index (χ4n) is 3.67. The molecule has 174 valence electrons. The van der Waals surface area contributed by atoms with Gasteiger partial charge in [0.1, 0.15) is 18.3 Å².